The molecule has 0 fully saturated rings. The Bertz CT molecular complexity index is 2570. The number of H-pyrrole nitrogens is 1. The van der Waals surface area contributed by atoms with Crippen LogP contribution in [0.4, 0.5) is 0 Å². The molecule has 0 amide bonds. The van der Waals surface area contributed by atoms with Crippen molar-refractivity contribution in [3.05, 3.63) is 211 Å². The van der Waals surface area contributed by atoms with Crippen molar-refractivity contribution in [1.82, 2.24) is 9.55 Å². The summed E-state index contributed by atoms with van der Waals surface area (Å²) in [5.74, 6) is 0. The molecule has 0 atom stereocenters. The molecule has 0 bridgehead atoms. The summed E-state index contributed by atoms with van der Waals surface area (Å²) >= 11 is 3.42. The van der Waals surface area contributed by atoms with Gasteiger partial charge in [0.05, 0.1) is 11.0 Å². The highest BCUT2D eigenvalue weighted by Gasteiger charge is 2.11. The lowest BCUT2D eigenvalue weighted by atomic mass is 10.1. The number of nitrogens with zero attached hydrogens (tertiary/aromatic N) is 1. The molecule has 0 spiro atoms. The molecule has 0 aliphatic rings. The molecule has 2 nitrogen and oxygen atoms in total. The minimum absolute atomic E-state index is 0. The molecule has 0 saturated heterocycles. The minimum atomic E-state index is 0. The predicted molar refractivity (Wildman–Crippen MR) is 233 cm³/mol. The third-order valence-corrected chi connectivity index (χ3v) is 9.71. The number of benzene rings is 8. The second kappa shape index (κ2) is 15.8. The normalized spacial score (nSPS) is 10.6. The van der Waals surface area contributed by atoms with E-state index in [4.69, 9.17) is 0 Å². The first-order chi connectivity index (χ1) is 25.2. The largest absolute Gasteiger partial charge is 0.355 e. The van der Waals surface area contributed by atoms with Crippen molar-refractivity contribution in [1.29, 1.82) is 0 Å². The summed E-state index contributed by atoms with van der Waals surface area (Å²) in [6.07, 6.45) is 0. The number of halogens is 1. The van der Waals surface area contributed by atoms with Crippen molar-refractivity contribution < 1.29 is 0 Å². The fourth-order valence-electron chi connectivity index (χ4n) is 6.71. The molecule has 10 aromatic rings. The van der Waals surface area contributed by atoms with Crippen LogP contribution in [0.25, 0.3) is 71.6 Å². The van der Waals surface area contributed by atoms with E-state index < -0.39 is 0 Å². The number of hydrogen-bond acceptors (Lipinski definition) is 0. The quantitative estimate of drug-likeness (QED) is 0.175. The van der Waals surface area contributed by atoms with Gasteiger partial charge in [-0.3, -0.25) is 0 Å². The molecule has 0 aliphatic heterocycles. The number of hydrogen-bond donors (Lipinski definition) is 1. The molecule has 0 unspecified atom stereocenters. The highest BCUT2D eigenvalue weighted by atomic mass is 79.9. The van der Waals surface area contributed by atoms with Crippen LogP contribution >= 0.6 is 15.9 Å². The Morgan fingerprint density at radius 2 is 0.673 bits per heavy atom. The van der Waals surface area contributed by atoms with Crippen molar-refractivity contribution in [2.24, 2.45) is 0 Å². The summed E-state index contributed by atoms with van der Waals surface area (Å²) in [7, 11) is 0. The van der Waals surface area contributed by atoms with Crippen LogP contribution in [0.1, 0.15) is 0 Å². The first kappa shape index (κ1) is 34.4. The van der Waals surface area contributed by atoms with E-state index in [9.17, 15) is 0 Å². The Labute approximate surface area is 314 Å². The zero-order valence-corrected chi connectivity index (χ0v) is 29.5. The van der Waals surface area contributed by atoms with Gasteiger partial charge in [0.1, 0.15) is 0 Å². The lowest BCUT2D eigenvalue weighted by Gasteiger charge is -2.09. The first-order valence-corrected chi connectivity index (χ1v) is 17.9. The van der Waals surface area contributed by atoms with E-state index in [1.807, 2.05) is 6.07 Å². The number of nitrogens with one attached hydrogen (secondary N) is 1. The summed E-state index contributed by atoms with van der Waals surface area (Å²) in [6, 6.07) is 72.0. The van der Waals surface area contributed by atoms with Gasteiger partial charge < -0.3 is 9.55 Å². The van der Waals surface area contributed by atoms with Gasteiger partial charge in [0.15, 0.2) is 0 Å². The third-order valence-electron chi connectivity index (χ3n) is 9.18. The maximum Gasteiger partial charge on any atom is 0.0541 e. The lowest BCUT2D eigenvalue weighted by Crippen LogP contribution is -1.93. The molecule has 1 N–H and O–H groups in total. The van der Waals surface area contributed by atoms with Gasteiger partial charge in [-0.2, -0.15) is 0 Å². The van der Waals surface area contributed by atoms with Crippen LogP contribution in [0.3, 0.4) is 0 Å². The van der Waals surface area contributed by atoms with Gasteiger partial charge in [0.2, 0.25) is 0 Å². The molecule has 2 heterocycles. The second-order valence-electron chi connectivity index (χ2n) is 12.4. The maximum absolute atomic E-state index is 3.42. The fraction of sp³-hybridized carbons (Fsp3) is 0. The lowest BCUT2D eigenvalue weighted by molar-refractivity contribution is 1.18. The minimum Gasteiger partial charge on any atom is -0.355 e. The molecule has 0 radical (unpaired) electrons. The Kier molecular flexibility index (Phi) is 10.5. The van der Waals surface area contributed by atoms with Gasteiger partial charge in [-0.05, 0) is 70.8 Å². The average molecular weight is 735 g/mol. The van der Waals surface area contributed by atoms with Gasteiger partial charge in [-0.25, -0.2) is 0 Å². The molecule has 252 valence electrons. The van der Waals surface area contributed by atoms with Crippen molar-refractivity contribution >= 4 is 68.0 Å². The maximum atomic E-state index is 3.42. The topological polar surface area (TPSA) is 20.7 Å². The van der Waals surface area contributed by atoms with E-state index in [1.54, 1.807) is 0 Å². The molecule has 2 aromatic heterocycles. The van der Waals surface area contributed by atoms with E-state index >= 15 is 0 Å². The summed E-state index contributed by atoms with van der Waals surface area (Å²) in [6.45, 7) is 0. The fourth-order valence-corrected chi connectivity index (χ4v) is 6.97. The van der Waals surface area contributed by atoms with E-state index in [2.05, 4.69) is 226 Å². The molecular formula is C48H39BBrN2-. The first-order valence-electron chi connectivity index (χ1n) is 17.1. The summed E-state index contributed by atoms with van der Waals surface area (Å²) in [5, 5.41) is 5.20. The summed E-state index contributed by atoms with van der Waals surface area (Å²) in [5.41, 5.74) is 11.1. The van der Waals surface area contributed by atoms with Crippen LogP contribution in [-0.2, 0) is 0 Å². The zero-order chi connectivity index (χ0) is 34.4. The van der Waals surface area contributed by atoms with Crippen LogP contribution in [-0.4, -0.2) is 18.0 Å². The molecule has 52 heavy (non-hydrogen) atoms. The third kappa shape index (κ3) is 7.21. The summed E-state index contributed by atoms with van der Waals surface area (Å²) < 4.78 is 3.46. The predicted octanol–water partition coefficient (Wildman–Crippen LogP) is 12.4. The molecule has 8 aromatic carbocycles. The van der Waals surface area contributed by atoms with Gasteiger partial charge in [-0.1, -0.05) is 182 Å². The second-order valence-corrected chi connectivity index (χ2v) is 13.3. The Morgan fingerprint density at radius 1 is 0.327 bits per heavy atom. The molecule has 0 saturated carbocycles. The highest BCUT2D eigenvalue weighted by molar-refractivity contribution is 9.10. The molecule has 4 heteroatoms. The Balaban J connectivity index is 0.000000132. The van der Waals surface area contributed by atoms with Crippen molar-refractivity contribution in [3.63, 3.8) is 0 Å². The van der Waals surface area contributed by atoms with Gasteiger partial charge in [-0.15, -0.1) is 0 Å². The van der Waals surface area contributed by atoms with Crippen molar-refractivity contribution in [2.45, 2.75) is 0 Å². The van der Waals surface area contributed by atoms with Crippen molar-refractivity contribution in [3.8, 4) is 27.9 Å². The number of rotatable bonds is 3. The van der Waals surface area contributed by atoms with Gasteiger partial charge in [0, 0.05) is 42.7 Å². The van der Waals surface area contributed by atoms with Crippen LogP contribution < -0.4 is 0 Å². The van der Waals surface area contributed by atoms with E-state index in [1.165, 1.54) is 71.6 Å². The average Bonchev–Trinajstić information content (AvgIpc) is 3.76. The van der Waals surface area contributed by atoms with Gasteiger partial charge >= 0.3 is 0 Å². The summed E-state index contributed by atoms with van der Waals surface area (Å²) in [4.78, 5) is 3.38. The zero-order valence-electron chi connectivity index (χ0n) is 28.0. The van der Waals surface area contributed by atoms with E-state index in [0.29, 0.717) is 0 Å². The van der Waals surface area contributed by atoms with E-state index in [0.717, 1.165) is 4.47 Å². The highest BCUT2D eigenvalue weighted by Crippen LogP contribution is 2.32. The Hall–Kier alpha value is -6.10. The molecule has 0 aliphatic carbocycles. The van der Waals surface area contributed by atoms with Crippen LogP contribution in [0.2, 0.25) is 0 Å². The number of fused-ring (bicyclic) bond motifs is 6. The van der Waals surface area contributed by atoms with Gasteiger partial charge in [0.25, 0.3) is 0 Å². The monoisotopic (exact) mass is 733 g/mol. The SMILES string of the molecule is Brc1ccc(-c2ccccc2)cc1.[BH4-].c1ccc(-c2ccc(-n3c4ccccc4c4ccccc43)cc2)cc1.c1ccc2c(c1)[nH]c1ccccc12. The number of aromatic amines is 1. The number of para-hydroxylation sites is 4. The molecule has 10 rings (SSSR count). The standard InChI is InChI=1S/C24H17N.C12H9Br.C12H9N.BH4/c1-2-8-18(9-3-1)19-14-16-20(17-15-19)25-23-12-6-4-10-21(23)22-11-5-7-13-24(22)25;13-12-8-6-11(7-9-12)10-4-2-1-3-5-10;1-3-7-11-9(5-1)10-6-2-4-8-12(10)13-11;/h1-17H;1-9H;1-8,13H;1H4/q;;;-1. The number of aromatic nitrogens is 2. The van der Waals surface area contributed by atoms with Crippen LogP contribution in [0.15, 0.2) is 211 Å². The molecular weight excluding hydrogens is 695 g/mol. The van der Waals surface area contributed by atoms with Crippen LogP contribution in [0.5, 0.6) is 0 Å². The van der Waals surface area contributed by atoms with E-state index in [-0.39, 0.29) is 8.41 Å². The smallest absolute Gasteiger partial charge is 0.0541 e. The van der Waals surface area contributed by atoms with Crippen LogP contribution in [0, 0.1) is 0 Å². The Morgan fingerprint density at radius 3 is 1.13 bits per heavy atom. The van der Waals surface area contributed by atoms with Crippen molar-refractivity contribution in [2.75, 3.05) is 0 Å².